The van der Waals surface area contributed by atoms with Gasteiger partial charge in [0, 0.05) is 16.7 Å². The molecule has 1 N–H and O–H groups in total. The molecule has 0 aliphatic carbocycles. The van der Waals surface area contributed by atoms with E-state index in [-0.39, 0.29) is 5.91 Å². The van der Waals surface area contributed by atoms with Crippen LogP contribution in [0, 0.1) is 0 Å². The van der Waals surface area contributed by atoms with Gasteiger partial charge < -0.3 is 14.5 Å². The van der Waals surface area contributed by atoms with Gasteiger partial charge in [0.25, 0.3) is 5.91 Å². The number of hydrogen-bond acceptors (Lipinski definition) is 2. The molecule has 0 bridgehead atoms. The number of nitrogens with one attached hydrogen (secondary N) is 1. The number of amides is 1. The summed E-state index contributed by atoms with van der Waals surface area (Å²) in [6.45, 7) is 3.89. The summed E-state index contributed by atoms with van der Waals surface area (Å²) in [7, 11) is 2.15. The van der Waals surface area contributed by atoms with Crippen molar-refractivity contribution in [1.29, 1.82) is 0 Å². The van der Waals surface area contributed by atoms with E-state index in [1.54, 1.807) is 18.2 Å². The molecule has 0 atom stereocenters. The smallest absolute Gasteiger partial charge is 0.254 e. The van der Waals surface area contributed by atoms with Crippen LogP contribution in [0.1, 0.15) is 15.9 Å². The Kier molecular flexibility index (Phi) is 5.84. The van der Waals surface area contributed by atoms with E-state index >= 15 is 0 Å². The van der Waals surface area contributed by atoms with Gasteiger partial charge in [0.15, 0.2) is 0 Å². The van der Waals surface area contributed by atoms with Crippen molar-refractivity contribution in [1.82, 2.24) is 4.90 Å². The largest absolute Gasteiger partial charge is 0.487 e. The summed E-state index contributed by atoms with van der Waals surface area (Å²) >= 11 is 12.1. The van der Waals surface area contributed by atoms with Gasteiger partial charge in [0.1, 0.15) is 12.4 Å². The Morgan fingerprint density at radius 3 is 2.68 bits per heavy atom. The fraction of sp³-hybridized carbons (Fsp3) is 0.316. The standard InChI is InChI=1S/C19H20Cl2N2O2/c1-22-7-9-23(10-8-22)19(24)15-4-2-3-14(11-15)13-25-18-12-16(20)5-6-17(18)21/h2-6,11-12H,7-10,13H2,1H3/p+1. The zero-order valence-electron chi connectivity index (χ0n) is 14.1. The fourth-order valence-electron chi connectivity index (χ4n) is 2.82. The molecule has 2 aromatic rings. The second kappa shape index (κ2) is 8.09. The fourth-order valence-corrected chi connectivity index (χ4v) is 3.15. The Morgan fingerprint density at radius 1 is 1.16 bits per heavy atom. The number of rotatable bonds is 4. The van der Waals surface area contributed by atoms with E-state index < -0.39 is 0 Å². The monoisotopic (exact) mass is 379 g/mol. The molecule has 132 valence electrons. The number of piperazine rings is 1. The quantitative estimate of drug-likeness (QED) is 0.885. The number of nitrogens with zero attached hydrogens (tertiary/aromatic N) is 1. The molecule has 0 spiro atoms. The Balaban J connectivity index is 1.67. The van der Waals surface area contributed by atoms with Gasteiger partial charge >= 0.3 is 0 Å². The van der Waals surface area contributed by atoms with Crippen molar-refractivity contribution < 1.29 is 14.4 Å². The van der Waals surface area contributed by atoms with Crippen LogP contribution in [0.5, 0.6) is 5.75 Å². The van der Waals surface area contributed by atoms with Crippen molar-refractivity contribution in [2.45, 2.75) is 6.61 Å². The molecule has 1 aliphatic heterocycles. The lowest BCUT2D eigenvalue weighted by atomic mass is 10.1. The van der Waals surface area contributed by atoms with E-state index in [0.29, 0.717) is 28.0 Å². The maximum Gasteiger partial charge on any atom is 0.254 e. The van der Waals surface area contributed by atoms with E-state index in [9.17, 15) is 4.79 Å². The molecule has 0 radical (unpaired) electrons. The van der Waals surface area contributed by atoms with Gasteiger partial charge in [0.2, 0.25) is 0 Å². The number of likely N-dealkylation sites (N-methyl/N-ethyl adjacent to an activating group) is 1. The molecular weight excluding hydrogens is 359 g/mol. The number of hydrogen-bond donors (Lipinski definition) is 1. The van der Waals surface area contributed by atoms with E-state index in [4.69, 9.17) is 27.9 Å². The van der Waals surface area contributed by atoms with E-state index in [2.05, 4.69) is 7.05 Å². The summed E-state index contributed by atoms with van der Waals surface area (Å²) in [4.78, 5) is 16.0. The van der Waals surface area contributed by atoms with Crippen molar-refractivity contribution in [2.75, 3.05) is 33.2 Å². The van der Waals surface area contributed by atoms with Gasteiger partial charge in [-0.05, 0) is 29.8 Å². The molecule has 1 aliphatic rings. The molecule has 25 heavy (non-hydrogen) atoms. The van der Waals surface area contributed by atoms with Crippen LogP contribution in [0.3, 0.4) is 0 Å². The van der Waals surface area contributed by atoms with E-state index in [0.717, 1.165) is 31.7 Å². The topological polar surface area (TPSA) is 34.0 Å². The number of halogens is 2. The highest BCUT2D eigenvalue weighted by Gasteiger charge is 2.22. The van der Waals surface area contributed by atoms with Crippen molar-refractivity contribution in [3.63, 3.8) is 0 Å². The van der Waals surface area contributed by atoms with E-state index in [1.165, 1.54) is 4.90 Å². The Bertz CT molecular complexity index is 759. The van der Waals surface area contributed by atoms with Gasteiger partial charge in [-0.2, -0.15) is 0 Å². The molecule has 0 aromatic heterocycles. The summed E-state index contributed by atoms with van der Waals surface area (Å²) in [5.74, 6) is 0.614. The van der Waals surface area contributed by atoms with Gasteiger partial charge in [-0.3, -0.25) is 4.79 Å². The third-order valence-corrected chi connectivity index (χ3v) is 4.91. The van der Waals surface area contributed by atoms with Gasteiger partial charge in [-0.25, -0.2) is 0 Å². The second-order valence-corrected chi connectivity index (χ2v) is 7.16. The summed E-state index contributed by atoms with van der Waals surface area (Å²) < 4.78 is 5.75. The lowest BCUT2D eigenvalue weighted by molar-refractivity contribution is -0.883. The molecule has 3 rings (SSSR count). The highest BCUT2D eigenvalue weighted by Crippen LogP contribution is 2.28. The van der Waals surface area contributed by atoms with Gasteiger partial charge in [-0.1, -0.05) is 35.3 Å². The number of carbonyl (C=O) groups excluding carboxylic acids is 1. The average Bonchev–Trinajstić information content (AvgIpc) is 2.63. The molecule has 2 aromatic carbocycles. The van der Waals surface area contributed by atoms with Crippen LogP contribution in [0.4, 0.5) is 0 Å². The number of quaternary nitrogens is 1. The zero-order valence-corrected chi connectivity index (χ0v) is 15.6. The maximum absolute atomic E-state index is 12.7. The molecule has 6 heteroatoms. The molecular formula is C19H21Cl2N2O2+. The third kappa shape index (κ3) is 4.66. The van der Waals surface area contributed by atoms with Crippen LogP contribution in [-0.2, 0) is 6.61 Å². The Morgan fingerprint density at radius 2 is 1.92 bits per heavy atom. The predicted molar refractivity (Wildman–Crippen MR) is 99.8 cm³/mol. The minimum absolute atomic E-state index is 0.0788. The summed E-state index contributed by atoms with van der Waals surface area (Å²) in [6.07, 6.45) is 0. The zero-order chi connectivity index (χ0) is 17.8. The van der Waals surface area contributed by atoms with Gasteiger partial charge in [-0.15, -0.1) is 0 Å². The highest BCUT2D eigenvalue weighted by atomic mass is 35.5. The SMILES string of the molecule is C[NH+]1CCN(C(=O)c2cccc(COc3cc(Cl)ccc3Cl)c2)CC1. The minimum Gasteiger partial charge on any atom is -0.487 e. The first-order valence-corrected chi connectivity index (χ1v) is 9.06. The predicted octanol–water partition coefficient (Wildman–Crippen LogP) is 2.54. The first-order chi connectivity index (χ1) is 12.0. The number of ether oxygens (including phenoxy) is 1. The highest BCUT2D eigenvalue weighted by molar-refractivity contribution is 6.34. The van der Waals surface area contributed by atoms with Crippen molar-refractivity contribution >= 4 is 29.1 Å². The second-order valence-electron chi connectivity index (χ2n) is 6.31. The minimum atomic E-state index is 0.0788. The number of benzene rings is 2. The number of carbonyl (C=O) groups is 1. The van der Waals surface area contributed by atoms with Crippen LogP contribution in [0.2, 0.25) is 10.0 Å². The summed E-state index contributed by atoms with van der Waals surface area (Å²) in [5, 5.41) is 1.08. The lowest BCUT2D eigenvalue weighted by Gasteiger charge is -2.30. The molecule has 4 nitrogen and oxygen atoms in total. The van der Waals surface area contributed by atoms with Crippen LogP contribution >= 0.6 is 23.2 Å². The molecule has 0 saturated carbocycles. The Labute approximate surface area is 157 Å². The summed E-state index contributed by atoms with van der Waals surface area (Å²) in [5.41, 5.74) is 1.61. The summed E-state index contributed by atoms with van der Waals surface area (Å²) in [6, 6.07) is 12.7. The van der Waals surface area contributed by atoms with Crippen LogP contribution < -0.4 is 9.64 Å². The Hall–Kier alpha value is -1.75. The first-order valence-electron chi connectivity index (χ1n) is 8.30. The van der Waals surface area contributed by atoms with Gasteiger partial charge in [0.05, 0.1) is 38.2 Å². The van der Waals surface area contributed by atoms with E-state index in [1.807, 2.05) is 29.2 Å². The van der Waals surface area contributed by atoms with Crippen LogP contribution in [-0.4, -0.2) is 44.0 Å². The molecule has 1 amide bonds. The molecule has 0 unspecified atom stereocenters. The third-order valence-electron chi connectivity index (χ3n) is 4.37. The molecule has 1 saturated heterocycles. The van der Waals surface area contributed by atoms with Crippen LogP contribution in [0.15, 0.2) is 42.5 Å². The maximum atomic E-state index is 12.7. The normalized spacial score (nSPS) is 15.2. The molecule has 1 fully saturated rings. The molecule has 1 heterocycles. The van der Waals surface area contributed by atoms with Crippen molar-refractivity contribution in [3.05, 3.63) is 63.6 Å². The van der Waals surface area contributed by atoms with Crippen molar-refractivity contribution in [2.24, 2.45) is 0 Å². The van der Waals surface area contributed by atoms with Crippen LogP contribution in [0.25, 0.3) is 0 Å². The average molecular weight is 380 g/mol. The lowest BCUT2D eigenvalue weighted by Crippen LogP contribution is -3.12. The van der Waals surface area contributed by atoms with Crippen molar-refractivity contribution in [3.8, 4) is 5.75 Å². The first kappa shape index (κ1) is 18.1.